The van der Waals surface area contributed by atoms with Gasteiger partial charge in [0, 0.05) is 0 Å². The molecule has 2 N–H and O–H groups in total. The van der Waals surface area contributed by atoms with Crippen LogP contribution in [0.2, 0.25) is 0 Å². The van der Waals surface area contributed by atoms with Gasteiger partial charge >= 0.3 is 0 Å². The van der Waals surface area contributed by atoms with Crippen molar-refractivity contribution in [3.05, 3.63) is 16.8 Å². The van der Waals surface area contributed by atoms with Crippen LogP contribution in [0.25, 0.3) is 0 Å². The molecule has 0 aliphatic carbocycles. The Hall–Kier alpha value is -1.23. The van der Waals surface area contributed by atoms with Crippen LogP contribution in [0.15, 0.2) is 0 Å². The van der Waals surface area contributed by atoms with Crippen LogP contribution in [0.5, 0.6) is 5.88 Å². The van der Waals surface area contributed by atoms with E-state index in [0.717, 1.165) is 24.1 Å². The molecule has 1 aromatic rings. The Morgan fingerprint density at radius 2 is 2.06 bits per heavy atom. The number of nitrogens with zero attached hydrogens (tertiary/aromatic N) is 2. The van der Waals surface area contributed by atoms with Gasteiger partial charge < -0.3 is 10.5 Å². The summed E-state index contributed by atoms with van der Waals surface area (Å²) in [5, 5.41) is 8.09. The first-order valence-corrected chi connectivity index (χ1v) is 6.18. The molecular formula is C12H19N3OS. The fourth-order valence-electron chi connectivity index (χ4n) is 1.62. The molecule has 1 aromatic heterocycles. The van der Waals surface area contributed by atoms with Gasteiger partial charge in [-0.15, -0.1) is 5.10 Å². The summed E-state index contributed by atoms with van der Waals surface area (Å²) >= 11 is 5.04. The molecular weight excluding hydrogens is 234 g/mol. The Morgan fingerprint density at radius 3 is 2.59 bits per heavy atom. The lowest BCUT2D eigenvalue weighted by Gasteiger charge is -2.16. The normalized spacial score (nSPS) is 12.2. The summed E-state index contributed by atoms with van der Waals surface area (Å²) in [6, 6.07) is 0. The smallest absolute Gasteiger partial charge is 0.244 e. The van der Waals surface area contributed by atoms with Gasteiger partial charge in [-0.3, -0.25) is 0 Å². The van der Waals surface area contributed by atoms with Gasteiger partial charge in [0.2, 0.25) is 5.88 Å². The zero-order valence-corrected chi connectivity index (χ0v) is 11.6. The van der Waals surface area contributed by atoms with Crippen LogP contribution in [0.4, 0.5) is 0 Å². The molecule has 17 heavy (non-hydrogen) atoms. The predicted molar refractivity (Wildman–Crippen MR) is 72.4 cm³/mol. The Balaban J connectivity index is 3.07. The molecule has 0 fully saturated rings. The van der Waals surface area contributed by atoms with Crippen molar-refractivity contribution < 1.29 is 4.74 Å². The van der Waals surface area contributed by atoms with Crippen molar-refractivity contribution >= 4 is 17.2 Å². The van der Waals surface area contributed by atoms with E-state index in [-0.39, 0.29) is 6.10 Å². The zero-order valence-electron chi connectivity index (χ0n) is 10.8. The van der Waals surface area contributed by atoms with Crippen LogP contribution in [-0.4, -0.2) is 21.3 Å². The van der Waals surface area contributed by atoms with E-state index < -0.39 is 0 Å². The number of hydrogen-bond acceptors (Lipinski definition) is 4. The van der Waals surface area contributed by atoms with Crippen molar-refractivity contribution in [3.8, 4) is 5.88 Å². The molecule has 0 spiro atoms. The SMILES string of the molecule is CCCC(C)Oc1nnc(C)c(C)c1C(N)=S. The summed E-state index contributed by atoms with van der Waals surface area (Å²) in [5.74, 6) is 0.446. The van der Waals surface area contributed by atoms with Crippen molar-refractivity contribution in [1.82, 2.24) is 10.2 Å². The second-order valence-electron chi connectivity index (χ2n) is 4.17. The van der Waals surface area contributed by atoms with Crippen LogP contribution in [0.1, 0.15) is 43.5 Å². The molecule has 0 amide bonds. The van der Waals surface area contributed by atoms with E-state index >= 15 is 0 Å². The largest absolute Gasteiger partial charge is 0.473 e. The second kappa shape index (κ2) is 5.91. The minimum Gasteiger partial charge on any atom is -0.473 e. The third-order valence-electron chi connectivity index (χ3n) is 2.68. The first kappa shape index (κ1) is 13.8. The first-order valence-electron chi connectivity index (χ1n) is 5.77. The highest BCUT2D eigenvalue weighted by atomic mass is 32.1. The number of aromatic nitrogens is 2. The number of aryl methyl sites for hydroxylation is 1. The predicted octanol–water partition coefficient (Wildman–Crippen LogP) is 2.30. The Kier molecular flexibility index (Phi) is 4.81. The summed E-state index contributed by atoms with van der Waals surface area (Å²) < 4.78 is 5.74. The summed E-state index contributed by atoms with van der Waals surface area (Å²) in [6.45, 7) is 7.92. The third kappa shape index (κ3) is 3.36. The van der Waals surface area contributed by atoms with E-state index in [1.165, 1.54) is 0 Å². The molecule has 0 aromatic carbocycles. The lowest BCUT2D eigenvalue weighted by Crippen LogP contribution is -2.20. The van der Waals surface area contributed by atoms with Crippen LogP contribution < -0.4 is 10.5 Å². The van der Waals surface area contributed by atoms with E-state index in [4.69, 9.17) is 22.7 Å². The average molecular weight is 253 g/mol. The van der Waals surface area contributed by atoms with Gasteiger partial charge in [-0.25, -0.2) is 0 Å². The molecule has 1 atom stereocenters. The monoisotopic (exact) mass is 253 g/mol. The van der Waals surface area contributed by atoms with Crippen LogP contribution in [-0.2, 0) is 0 Å². The van der Waals surface area contributed by atoms with Gasteiger partial charge in [-0.2, -0.15) is 5.10 Å². The van der Waals surface area contributed by atoms with Gasteiger partial charge in [0.05, 0.1) is 17.4 Å². The summed E-state index contributed by atoms with van der Waals surface area (Å²) in [7, 11) is 0. The summed E-state index contributed by atoms with van der Waals surface area (Å²) in [6.07, 6.45) is 2.11. The van der Waals surface area contributed by atoms with E-state index in [1.54, 1.807) is 0 Å². The van der Waals surface area contributed by atoms with E-state index in [2.05, 4.69) is 17.1 Å². The number of rotatable bonds is 5. The first-order chi connectivity index (χ1) is 7.97. The van der Waals surface area contributed by atoms with Crippen molar-refractivity contribution in [2.75, 3.05) is 0 Å². The van der Waals surface area contributed by atoms with Crippen molar-refractivity contribution in [2.45, 2.75) is 46.6 Å². The molecule has 0 radical (unpaired) electrons. The van der Waals surface area contributed by atoms with Crippen molar-refractivity contribution in [2.24, 2.45) is 5.73 Å². The summed E-state index contributed by atoms with van der Waals surface area (Å²) in [4.78, 5) is 0.305. The van der Waals surface area contributed by atoms with Gasteiger partial charge in [-0.1, -0.05) is 25.6 Å². The van der Waals surface area contributed by atoms with Gasteiger partial charge in [0.1, 0.15) is 4.99 Å². The van der Waals surface area contributed by atoms with Gasteiger partial charge in [-0.05, 0) is 32.8 Å². The summed E-state index contributed by atoms with van der Waals surface area (Å²) in [5.41, 5.74) is 8.18. The highest BCUT2D eigenvalue weighted by molar-refractivity contribution is 7.80. The number of ether oxygens (including phenoxy) is 1. The highest BCUT2D eigenvalue weighted by Gasteiger charge is 2.16. The molecule has 1 unspecified atom stereocenters. The number of nitrogens with two attached hydrogens (primary N) is 1. The Morgan fingerprint density at radius 1 is 1.41 bits per heavy atom. The Labute approximate surface area is 108 Å². The lowest BCUT2D eigenvalue weighted by molar-refractivity contribution is 0.198. The fraction of sp³-hybridized carbons (Fsp3) is 0.583. The number of hydrogen-bond donors (Lipinski definition) is 1. The maximum Gasteiger partial charge on any atom is 0.244 e. The van der Waals surface area contributed by atoms with E-state index in [0.29, 0.717) is 16.4 Å². The fourth-order valence-corrected chi connectivity index (χ4v) is 1.86. The third-order valence-corrected chi connectivity index (χ3v) is 2.88. The van der Waals surface area contributed by atoms with Crippen LogP contribution in [0, 0.1) is 13.8 Å². The van der Waals surface area contributed by atoms with Crippen LogP contribution >= 0.6 is 12.2 Å². The number of thiocarbonyl (C=S) groups is 1. The van der Waals surface area contributed by atoms with Gasteiger partial charge in [0.25, 0.3) is 0 Å². The van der Waals surface area contributed by atoms with Crippen LogP contribution in [0.3, 0.4) is 0 Å². The lowest BCUT2D eigenvalue weighted by atomic mass is 10.1. The quantitative estimate of drug-likeness (QED) is 0.816. The zero-order chi connectivity index (χ0) is 13.0. The maximum atomic E-state index is 5.74. The molecule has 0 aliphatic heterocycles. The minimum absolute atomic E-state index is 0.0875. The molecule has 5 heteroatoms. The maximum absolute atomic E-state index is 5.74. The highest BCUT2D eigenvalue weighted by Crippen LogP contribution is 2.22. The Bertz CT molecular complexity index is 420. The van der Waals surface area contributed by atoms with Gasteiger partial charge in [0.15, 0.2) is 0 Å². The van der Waals surface area contributed by atoms with Crippen molar-refractivity contribution in [1.29, 1.82) is 0 Å². The topological polar surface area (TPSA) is 61.0 Å². The standard InChI is InChI=1S/C12H19N3OS/c1-5-6-7(2)16-12-10(11(13)17)8(3)9(4)14-15-12/h7H,5-6H2,1-4H3,(H2,13,17). The second-order valence-corrected chi connectivity index (χ2v) is 4.61. The molecule has 0 saturated carbocycles. The van der Waals surface area contributed by atoms with Crippen molar-refractivity contribution in [3.63, 3.8) is 0 Å². The average Bonchev–Trinajstić information content (AvgIpc) is 2.23. The molecule has 0 saturated heterocycles. The minimum atomic E-state index is 0.0875. The molecule has 1 rings (SSSR count). The molecule has 1 heterocycles. The van der Waals surface area contributed by atoms with E-state index in [1.807, 2.05) is 20.8 Å². The molecule has 0 bridgehead atoms. The molecule has 94 valence electrons. The molecule has 0 aliphatic rings. The molecule has 4 nitrogen and oxygen atoms in total. The van der Waals surface area contributed by atoms with E-state index in [9.17, 15) is 0 Å².